The van der Waals surface area contributed by atoms with Crippen LogP contribution in [0.2, 0.25) is 0 Å². The number of ether oxygens (including phenoxy) is 6. The van der Waals surface area contributed by atoms with Crippen molar-refractivity contribution in [2.45, 2.75) is 137 Å². The van der Waals surface area contributed by atoms with Gasteiger partial charge in [0.2, 0.25) is 0 Å². The molecular formula is C46H56FeO6P2. The van der Waals surface area contributed by atoms with Crippen LogP contribution in [-0.2, 0) is 56.3 Å². The second-order valence-corrected chi connectivity index (χ2v) is 19.2. The first-order chi connectivity index (χ1) is 25.4. The molecule has 10 atom stereocenters. The molecule has 6 nitrogen and oxygen atoms in total. The maximum atomic E-state index is 7.30. The third-order valence-electron chi connectivity index (χ3n) is 14.2. The standard InChI is InChI=1S/C41H51O6P2.C5H5.Fe/c1-32-20-36(5)43-33(2,21-37(6,42-32)46-36)40(32,24-48)29-19-28(26-15-11-9-12-16-26)30(27-17-13-10-14-18-27)31(29)41(25-49)34(3)22-38(7)45-35(41,4)23-39(8,44-34)47-38;1-2-4-5-3-1;/h9-19H,20-25,48-49H2,1-8H3;1-5H;/q2*-1;+2. The van der Waals surface area contributed by atoms with Gasteiger partial charge in [-0.3, -0.25) is 0 Å². The van der Waals surface area contributed by atoms with Gasteiger partial charge in [0.05, 0.1) is 22.4 Å². The van der Waals surface area contributed by atoms with Crippen LogP contribution in [0.4, 0.5) is 0 Å². The van der Waals surface area contributed by atoms with E-state index >= 15 is 0 Å². The topological polar surface area (TPSA) is 55.4 Å². The molecule has 0 aromatic heterocycles. The molecule has 8 saturated heterocycles. The summed E-state index contributed by atoms with van der Waals surface area (Å²) in [7, 11) is 6.32. The quantitative estimate of drug-likeness (QED) is 0.110. The number of hydrogen-bond acceptors (Lipinski definition) is 6. The van der Waals surface area contributed by atoms with Crippen LogP contribution < -0.4 is 0 Å². The summed E-state index contributed by atoms with van der Waals surface area (Å²) in [6.07, 6.45) is 3.93. The van der Waals surface area contributed by atoms with Gasteiger partial charge in [-0.2, -0.15) is 18.2 Å². The van der Waals surface area contributed by atoms with Crippen LogP contribution in [-0.4, -0.2) is 57.9 Å². The SMILES string of the molecule is CC12CC3(C)OC(C)(CC(C)(O1)C3(CP)c1cc(-c3ccccc3)[c-](-c3ccccc3)c1C1(CP)C3(C)CC4(C)OC(C)(CC1(C)O4)O3)O2.[Fe+2].c1cc[cH-]c1. The van der Waals surface area contributed by atoms with Crippen LogP contribution in [0, 0.1) is 0 Å². The van der Waals surface area contributed by atoms with Crippen LogP contribution in [0.25, 0.3) is 22.3 Å². The Bertz CT molecular complexity index is 1960. The molecule has 8 bridgehead atoms. The Hall–Kier alpha value is -1.72. The molecule has 9 heteroatoms. The maximum absolute atomic E-state index is 7.30. The molecule has 0 aliphatic carbocycles. The molecule has 0 N–H and O–H groups in total. The van der Waals surface area contributed by atoms with Gasteiger partial charge in [0.25, 0.3) is 0 Å². The van der Waals surface area contributed by atoms with Crippen LogP contribution in [0.15, 0.2) is 97.1 Å². The zero-order valence-electron chi connectivity index (χ0n) is 33.4. The Morgan fingerprint density at radius 1 is 0.545 bits per heavy atom. The normalized spacial score (nSPS) is 44.5. The van der Waals surface area contributed by atoms with Gasteiger partial charge in [0.1, 0.15) is 0 Å². The van der Waals surface area contributed by atoms with Crippen molar-refractivity contribution in [3.8, 4) is 22.3 Å². The first kappa shape index (κ1) is 40.1. The molecule has 4 aromatic carbocycles. The van der Waals surface area contributed by atoms with Crippen molar-refractivity contribution < 1.29 is 45.5 Å². The minimum absolute atomic E-state index is 0. The van der Waals surface area contributed by atoms with Crippen LogP contribution in [0.3, 0.4) is 0 Å². The average Bonchev–Trinajstić information content (AvgIpc) is 3.75. The van der Waals surface area contributed by atoms with Gasteiger partial charge in [-0.25, -0.2) is 12.1 Å². The van der Waals surface area contributed by atoms with Crippen molar-refractivity contribution in [2.75, 3.05) is 12.3 Å². The van der Waals surface area contributed by atoms with Crippen molar-refractivity contribution in [1.29, 1.82) is 0 Å². The molecule has 0 amide bonds. The second kappa shape index (κ2) is 12.6. The molecule has 10 unspecified atom stereocenters. The van der Waals surface area contributed by atoms with E-state index in [4.69, 9.17) is 28.4 Å². The fourth-order valence-electron chi connectivity index (χ4n) is 13.4. The summed E-state index contributed by atoms with van der Waals surface area (Å²) in [5.74, 6) is -3.01. The predicted octanol–water partition coefficient (Wildman–Crippen LogP) is 10.0. The van der Waals surface area contributed by atoms with E-state index < -0.39 is 56.4 Å². The molecular weight excluding hydrogens is 766 g/mol. The molecule has 0 saturated carbocycles. The van der Waals surface area contributed by atoms with Gasteiger partial charge in [-0.15, -0.1) is 47.8 Å². The fourth-order valence-corrected chi connectivity index (χ4v) is 15.6. The summed E-state index contributed by atoms with van der Waals surface area (Å²) in [4.78, 5) is 0. The number of benzene rings is 2. The molecule has 8 aliphatic rings. The number of hydrogen-bond donors (Lipinski definition) is 0. The van der Waals surface area contributed by atoms with Crippen molar-refractivity contribution >= 4 is 18.5 Å². The van der Waals surface area contributed by atoms with Crippen molar-refractivity contribution in [2.24, 2.45) is 0 Å². The summed E-state index contributed by atoms with van der Waals surface area (Å²) in [6, 6.07) is 34.3. The second-order valence-electron chi connectivity index (χ2n) is 18.4. The smallest absolute Gasteiger partial charge is 0.343 e. The Balaban J connectivity index is 0.000000661. The first-order valence-corrected chi connectivity index (χ1v) is 21.2. The van der Waals surface area contributed by atoms with E-state index in [1.54, 1.807) is 0 Å². The Morgan fingerprint density at radius 2 is 0.945 bits per heavy atom. The van der Waals surface area contributed by atoms with Crippen molar-refractivity contribution in [3.63, 3.8) is 0 Å². The zero-order valence-corrected chi connectivity index (χ0v) is 36.9. The molecule has 8 aliphatic heterocycles. The summed E-state index contributed by atoms with van der Waals surface area (Å²) in [6.45, 7) is 17.7. The molecule has 8 fully saturated rings. The average molecular weight is 823 g/mol. The Morgan fingerprint density at radius 3 is 1.33 bits per heavy atom. The van der Waals surface area contributed by atoms with E-state index in [0.717, 1.165) is 12.3 Å². The predicted molar refractivity (Wildman–Crippen MR) is 220 cm³/mol. The van der Waals surface area contributed by atoms with Gasteiger partial charge >= 0.3 is 17.1 Å². The van der Waals surface area contributed by atoms with E-state index in [9.17, 15) is 0 Å². The zero-order chi connectivity index (χ0) is 38.3. The molecule has 55 heavy (non-hydrogen) atoms. The maximum Gasteiger partial charge on any atom is 2.00 e. The van der Waals surface area contributed by atoms with Gasteiger partial charge in [0, 0.05) is 36.5 Å². The van der Waals surface area contributed by atoms with E-state index in [2.05, 4.69) is 141 Å². The van der Waals surface area contributed by atoms with Gasteiger partial charge in [-0.1, -0.05) is 70.8 Å². The monoisotopic (exact) mass is 822 g/mol. The molecule has 0 radical (unpaired) electrons. The first-order valence-electron chi connectivity index (χ1n) is 19.6. The molecule has 12 rings (SSSR count). The molecule has 4 aromatic rings. The van der Waals surface area contributed by atoms with Crippen LogP contribution in [0.1, 0.15) is 92.2 Å². The minimum Gasteiger partial charge on any atom is -0.343 e. The molecule has 8 heterocycles. The van der Waals surface area contributed by atoms with E-state index in [0.29, 0.717) is 25.7 Å². The summed E-state index contributed by atoms with van der Waals surface area (Å²) in [5.41, 5.74) is 3.71. The minimum atomic E-state index is -0.758. The summed E-state index contributed by atoms with van der Waals surface area (Å²) >= 11 is 0. The van der Waals surface area contributed by atoms with E-state index in [1.807, 2.05) is 30.3 Å². The van der Waals surface area contributed by atoms with Crippen LogP contribution >= 0.6 is 18.5 Å². The van der Waals surface area contributed by atoms with E-state index in [1.165, 1.54) is 33.4 Å². The summed E-state index contributed by atoms with van der Waals surface area (Å²) in [5, 5.41) is 0. The van der Waals surface area contributed by atoms with Crippen molar-refractivity contribution in [1.82, 2.24) is 0 Å². The third-order valence-corrected chi connectivity index (χ3v) is 15.4. The van der Waals surface area contributed by atoms with Gasteiger partial charge in [0.15, 0.2) is 23.1 Å². The van der Waals surface area contributed by atoms with Gasteiger partial charge < -0.3 is 28.4 Å². The van der Waals surface area contributed by atoms with Crippen molar-refractivity contribution in [3.05, 3.63) is 108 Å². The third kappa shape index (κ3) is 5.34. The fraction of sp³-hybridized carbons (Fsp3) is 0.522. The van der Waals surface area contributed by atoms with Gasteiger partial charge in [-0.05, 0) is 67.7 Å². The molecule has 294 valence electrons. The Labute approximate surface area is 342 Å². The largest absolute Gasteiger partial charge is 2.00 e. The van der Waals surface area contributed by atoms with Crippen LogP contribution in [0.5, 0.6) is 0 Å². The van der Waals surface area contributed by atoms with E-state index in [-0.39, 0.29) is 17.1 Å². The Kier molecular flexibility index (Phi) is 9.21. The summed E-state index contributed by atoms with van der Waals surface area (Å²) < 4.78 is 42.3. The molecule has 0 spiro atoms. The number of rotatable bonds is 6.